The molecule has 0 spiro atoms. The van der Waals surface area contributed by atoms with Crippen LogP contribution in [0.25, 0.3) is 0 Å². The molecule has 1 aliphatic rings. The molecule has 1 atom stereocenters. The van der Waals surface area contributed by atoms with E-state index in [1.807, 2.05) is 0 Å². The van der Waals surface area contributed by atoms with E-state index in [1.165, 1.54) is 17.5 Å². The van der Waals surface area contributed by atoms with Gasteiger partial charge in [0.2, 0.25) is 0 Å². The fourth-order valence-electron chi connectivity index (χ4n) is 2.70. The Balaban J connectivity index is 1.71. The molecule has 19 heavy (non-hydrogen) atoms. The van der Waals surface area contributed by atoms with Crippen molar-refractivity contribution in [3.05, 3.63) is 53.5 Å². The zero-order chi connectivity index (χ0) is 13.1. The normalized spacial score (nSPS) is 17.8. The number of rotatable bonds is 3. The van der Waals surface area contributed by atoms with Gasteiger partial charge in [0, 0.05) is 17.8 Å². The lowest BCUT2D eigenvalue weighted by Gasteiger charge is -2.25. The third-order valence-corrected chi connectivity index (χ3v) is 3.78. The van der Waals surface area contributed by atoms with Gasteiger partial charge in [0.1, 0.15) is 12.1 Å². The summed E-state index contributed by atoms with van der Waals surface area (Å²) in [7, 11) is 0. The molecule has 3 heteroatoms. The van der Waals surface area contributed by atoms with E-state index in [2.05, 4.69) is 52.5 Å². The van der Waals surface area contributed by atoms with Crippen molar-refractivity contribution in [1.82, 2.24) is 9.97 Å². The van der Waals surface area contributed by atoms with Crippen molar-refractivity contribution in [3.8, 4) is 0 Å². The van der Waals surface area contributed by atoms with Crippen LogP contribution in [0.2, 0.25) is 0 Å². The Kier molecular flexibility index (Phi) is 3.45. The molecule has 2 aromatic rings. The number of fused-ring (bicyclic) bond motifs is 1. The van der Waals surface area contributed by atoms with Crippen LogP contribution in [-0.2, 0) is 19.3 Å². The molecular weight excluding hydrogens is 234 g/mol. The van der Waals surface area contributed by atoms with Crippen molar-refractivity contribution in [3.63, 3.8) is 0 Å². The average Bonchev–Trinajstić information content (AvgIpc) is 2.47. The molecule has 1 aliphatic carbocycles. The highest BCUT2D eigenvalue weighted by Gasteiger charge is 2.18. The molecular formula is C16H19N3. The Hall–Kier alpha value is -1.90. The minimum Gasteiger partial charge on any atom is -0.367 e. The van der Waals surface area contributed by atoms with Gasteiger partial charge in [-0.05, 0) is 36.8 Å². The number of anilines is 1. The van der Waals surface area contributed by atoms with Crippen molar-refractivity contribution in [1.29, 1.82) is 0 Å². The summed E-state index contributed by atoms with van der Waals surface area (Å²) in [6.45, 7) is 2.11. The first kappa shape index (κ1) is 12.2. The molecule has 1 heterocycles. The van der Waals surface area contributed by atoms with Gasteiger partial charge in [-0.25, -0.2) is 9.97 Å². The van der Waals surface area contributed by atoms with Crippen LogP contribution in [0.4, 0.5) is 5.82 Å². The van der Waals surface area contributed by atoms with Crippen LogP contribution in [0, 0.1) is 0 Å². The van der Waals surface area contributed by atoms with Gasteiger partial charge in [0.25, 0.3) is 0 Å². The van der Waals surface area contributed by atoms with Crippen LogP contribution < -0.4 is 5.32 Å². The number of aromatic nitrogens is 2. The van der Waals surface area contributed by atoms with Gasteiger partial charge in [-0.3, -0.25) is 0 Å². The summed E-state index contributed by atoms with van der Waals surface area (Å²) in [5, 5.41) is 3.55. The quantitative estimate of drug-likeness (QED) is 0.913. The molecule has 0 bridgehead atoms. The van der Waals surface area contributed by atoms with Gasteiger partial charge >= 0.3 is 0 Å². The highest BCUT2D eigenvalue weighted by Crippen LogP contribution is 2.23. The maximum Gasteiger partial charge on any atom is 0.129 e. The van der Waals surface area contributed by atoms with Crippen LogP contribution in [0.1, 0.15) is 30.2 Å². The van der Waals surface area contributed by atoms with Crippen LogP contribution in [0.3, 0.4) is 0 Å². The summed E-state index contributed by atoms with van der Waals surface area (Å²) in [4.78, 5) is 8.55. The molecule has 0 aliphatic heterocycles. The smallest absolute Gasteiger partial charge is 0.129 e. The third-order valence-electron chi connectivity index (χ3n) is 3.78. The van der Waals surface area contributed by atoms with Crippen LogP contribution >= 0.6 is 0 Å². The van der Waals surface area contributed by atoms with Crippen LogP contribution in [0.15, 0.2) is 36.7 Å². The average molecular weight is 253 g/mol. The summed E-state index contributed by atoms with van der Waals surface area (Å²) in [5.41, 5.74) is 4.06. The van der Waals surface area contributed by atoms with E-state index >= 15 is 0 Å². The van der Waals surface area contributed by atoms with Crippen LogP contribution in [0.5, 0.6) is 0 Å². The maximum absolute atomic E-state index is 4.32. The summed E-state index contributed by atoms with van der Waals surface area (Å²) in [6, 6.07) is 11.3. The standard InChI is InChI=1S/C16H19N3/c1-2-14-10-16(18-11-17-14)19-15-8-7-12-5-3-4-6-13(12)9-15/h3-6,10-11,15H,2,7-9H2,1H3,(H,17,18,19). The fraction of sp³-hybridized carbons (Fsp3) is 0.375. The Bertz CT molecular complexity index is 565. The molecule has 3 rings (SSSR count). The molecule has 0 amide bonds. The minimum absolute atomic E-state index is 0.481. The van der Waals surface area contributed by atoms with Gasteiger partial charge in [0.05, 0.1) is 0 Å². The number of nitrogens with one attached hydrogen (secondary N) is 1. The fourth-order valence-corrected chi connectivity index (χ4v) is 2.70. The number of aryl methyl sites for hydroxylation is 2. The van der Waals surface area contributed by atoms with Gasteiger partial charge in [-0.15, -0.1) is 0 Å². The van der Waals surface area contributed by atoms with Gasteiger partial charge < -0.3 is 5.32 Å². The zero-order valence-corrected chi connectivity index (χ0v) is 11.3. The first-order chi connectivity index (χ1) is 9.35. The van der Waals surface area contributed by atoms with E-state index in [4.69, 9.17) is 0 Å². The molecule has 0 radical (unpaired) electrons. The predicted molar refractivity (Wildman–Crippen MR) is 77.3 cm³/mol. The lowest BCUT2D eigenvalue weighted by atomic mass is 9.88. The molecule has 3 nitrogen and oxygen atoms in total. The lowest BCUT2D eigenvalue weighted by molar-refractivity contribution is 0.608. The minimum atomic E-state index is 0.481. The number of nitrogens with zero attached hydrogens (tertiary/aromatic N) is 2. The first-order valence-corrected chi connectivity index (χ1v) is 6.99. The van der Waals surface area contributed by atoms with Gasteiger partial charge in [-0.1, -0.05) is 31.2 Å². The summed E-state index contributed by atoms with van der Waals surface area (Å²) in [5.74, 6) is 0.955. The summed E-state index contributed by atoms with van der Waals surface area (Å²) < 4.78 is 0. The summed E-state index contributed by atoms with van der Waals surface area (Å²) >= 11 is 0. The lowest BCUT2D eigenvalue weighted by Crippen LogP contribution is -2.27. The van der Waals surface area contributed by atoms with Crippen molar-refractivity contribution in [2.45, 2.75) is 38.6 Å². The predicted octanol–water partition coefficient (Wildman–Crippen LogP) is 3.01. The second-order valence-electron chi connectivity index (χ2n) is 5.10. The Morgan fingerprint density at radius 3 is 2.89 bits per heavy atom. The maximum atomic E-state index is 4.32. The number of hydrogen-bond donors (Lipinski definition) is 1. The Morgan fingerprint density at radius 1 is 1.21 bits per heavy atom. The molecule has 0 saturated carbocycles. The van der Waals surface area contributed by atoms with E-state index < -0.39 is 0 Å². The monoisotopic (exact) mass is 253 g/mol. The highest BCUT2D eigenvalue weighted by atomic mass is 15.0. The van der Waals surface area contributed by atoms with E-state index in [9.17, 15) is 0 Å². The van der Waals surface area contributed by atoms with Crippen molar-refractivity contribution < 1.29 is 0 Å². The molecule has 1 N–H and O–H groups in total. The van der Waals surface area contributed by atoms with E-state index in [0.717, 1.165) is 30.8 Å². The molecule has 98 valence electrons. The number of hydrogen-bond acceptors (Lipinski definition) is 3. The van der Waals surface area contributed by atoms with Crippen molar-refractivity contribution in [2.75, 3.05) is 5.32 Å². The molecule has 0 fully saturated rings. The van der Waals surface area contributed by atoms with Gasteiger partial charge in [0.15, 0.2) is 0 Å². The highest BCUT2D eigenvalue weighted by molar-refractivity contribution is 5.39. The van der Waals surface area contributed by atoms with Crippen molar-refractivity contribution in [2.24, 2.45) is 0 Å². The SMILES string of the molecule is CCc1cc(NC2CCc3ccccc3C2)ncn1. The second-order valence-corrected chi connectivity index (χ2v) is 5.10. The molecule has 1 aromatic heterocycles. The van der Waals surface area contributed by atoms with Crippen molar-refractivity contribution >= 4 is 5.82 Å². The van der Waals surface area contributed by atoms with Crippen LogP contribution in [-0.4, -0.2) is 16.0 Å². The summed E-state index contributed by atoms with van der Waals surface area (Å²) in [6.07, 6.45) is 6.01. The van der Waals surface area contributed by atoms with E-state index in [-0.39, 0.29) is 0 Å². The first-order valence-electron chi connectivity index (χ1n) is 6.99. The van der Waals surface area contributed by atoms with E-state index in [0.29, 0.717) is 6.04 Å². The van der Waals surface area contributed by atoms with E-state index in [1.54, 1.807) is 6.33 Å². The topological polar surface area (TPSA) is 37.8 Å². The third kappa shape index (κ3) is 2.75. The Morgan fingerprint density at radius 2 is 2.05 bits per heavy atom. The molecule has 0 saturated heterocycles. The molecule has 1 aromatic carbocycles. The Labute approximate surface area is 114 Å². The van der Waals surface area contributed by atoms with Gasteiger partial charge in [-0.2, -0.15) is 0 Å². The molecule has 1 unspecified atom stereocenters. The zero-order valence-electron chi connectivity index (χ0n) is 11.3. The largest absolute Gasteiger partial charge is 0.367 e. The number of benzene rings is 1. The second kappa shape index (κ2) is 5.39.